The average Bonchev–Trinajstić information content (AvgIpc) is 2.98. The maximum atomic E-state index is 4.60. The summed E-state index contributed by atoms with van der Waals surface area (Å²) in [5.41, 5.74) is 1.75. The molecule has 0 saturated heterocycles. The summed E-state index contributed by atoms with van der Waals surface area (Å²) in [4.78, 5) is 15.2. The van der Waals surface area contributed by atoms with Gasteiger partial charge >= 0.3 is 0 Å². The van der Waals surface area contributed by atoms with E-state index in [4.69, 9.17) is 0 Å². The number of aromatic nitrogens is 5. The van der Waals surface area contributed by atoms with Gasteiger partial charge in [0.2, 0.25) is 0 Å². The third kappa shape index (κ3) is 2.96. The van der Waals surface area contributed by atoms with Crippen LogP contribution in [0.15, 0.2) is 55.9 Å². The molecule has 3 aromatic heterocycles. The van der Waals surface area contributed by atoms with Crippen molar-refractivity contribution in [1.29, 1.82) is 0 Å². The molecule has 0 saturated carbocycles. The molecule has 0 bridgehead atoms. The van der Waals surface area contributed by atoms with E-state index in [0.29, 0.717) is 24.7 Å². The van der Waals surface area contributed by atoms with Crippen LogP contribution in [0.25, 0.3) is 17.2 Å². The van der Waals surface area contributed by atoms with Gasteiger partial charge in [-0.05, 0) is 19.1 Å². The fourth-order valence-corrected chi connectivity index (χ4v) is 2.38. The van der Waals surface area contributed by atoms with Crippen LogP contribution in [-0.4, -0.2) is 37.7 Å². The Labute approximate surface area is 134 Å². The highest BCUT2D eigenvalue weighted by Crippen LogP contribution is 2.20. The van der Waals surface area contributed by atoms with Gasteiger partial charge in [0.15, 0.2) is 5.82 Å². The molecule has 0 aromatic carbocycles. The van der Waals surface area contributed by atoms with Gasteiger partial charge in [-0.3, -0.25) is 4.98 Å². The molecule has 0 aliphatic rings. The molecule has 6 heteroatoms. The minimum Gasteiger partial charge on any atom is -0.349 e. The van der Waals surface area contributed by atoms with E-state index in [2.05, 4.69) is 38.1 Å². The van der Waals surface area contributed by atoms with Crippen LogP contribution in [0.1, 0.15) is 5.69 Å². The molecular formula is C17H18N6. The topological polar surface area (TPSA) is 59.2 Å². The van der Waals surface area contributed by atoms with Crippen LogP contribution in [0.4, 0.5) is 5.82 Å². The summed E-state index contributed by atoms with van der Waals surface area (Å²) in [6, 6.07) is 5.78. The van der Waals surface area contributed by atoms with Gasteiger partial charge in [0, 0.05) is 42.8 Å². The molecule has 0 amide bonds. The first kappa shape index (κ1) is 14.9. The lowest BCUT2D eigenvalue weighted by atomic mass is 10.3. The van der Waals surface area contributed by atoms with E-state index >= 15 is 0 Å². The van der Waals surface area contributed by atoms with Crippen LogP contribution in [0.5, 0.6) is 0 Å². The fraction of sp³-hybridized carbons (Fsp3) is 0.176. The van der Waals surface area contributed by atoms with E-state index in [-0.39, 0.29) is 0 Å². The second-order valence-electron chi connectivity index (χ2n) is 5.13. The van der Waals surface area contributed by atoms with Crippen molar-refractivity contribution in [1.82, 2.24) is 24.6 Å². The summed E-state index contributed by atoms with van der Waals surface area (Å²) < 4.78 is 1.75. The first-order valence-corrected chi connectivity index (χ1v) is 7.34. The molecular weight excluding hydrogens is 288 g/mol. The zero-order chi connectivity index (χ0) is 16.2. The molecule has 116 valence electrons. The van der Waals surface area contributed by atoms with Crippen molar-refractivity contribution in [3.8, 4) is 11.4 Å². The maximum Gasteiger partial charge on any atom is 0.254 e. The smallest absolute Gasteiger partial charge is 0.254 e. The number of rotatable bonds is 6. The monoisotopic (exact) mass is 306 g/mol. The van der Waals surface area contributed by atoms with E-state index in [0.717, 1.165) is 17.1 Å². The van der Waals surface area contributed by atoms with Gasteiger partial charge in [-0.15, -0.1) is 18.3 Å². The first-order valence-electron chi connectivity index (χ1n) is 7.34. The van der Waals surface area contributed by atoms with Gasteiger partial charge in [0.25, 0.3) is 5.78 Å². The molecule has 3 aromatic rings. The van der Waals surface area contributed by atoms with E-state index in [1.165, 1.54) is 0 Å². The van der Waals surface area contributed by atoms with E-state index in [1.54, 1.807) is 16.9 Å². The first-order chi connectivity index (χ1) is 11.2. The van der Waals surface area contributed by atoms with Crippen LogP contribution in [0.2, 0.25) is 0 Å². The molecule has 0 spiro atoms. The van der Waals surface area contributed by atoms with Crippen molar-refractivity contribution >= 4 is 11.6 Å². The Hall–Kier alpha value is -3.02. The highest BCUT2D eigenvalue weighted by Gasteiger charge is 2.15. The number of hydrogen-bond donors (Lipinski definition) is 0. The van der Waals surface area contributed by atoms with E-state index in [1.807, 2.05) is 37.3 Å². The Kier molecular flexibility index (Phi) is 4.14. The van der Waals surface area contributed by atoms with Crippen LogP contribution in [0, 0.1) is 6.92 Å². The van der Waals surface area contributed by atoms with Crippen molar-refractivity contribution in [3.05, 3.63) is 61.6 Å². The van der Waals surface area contributed by atoms with E-state index < -0.39 is 0 Å². The molecule has 3 rings (SSSR count). The van der Waals surface area contributed by atoms with Crippen LogP contribution in [0.3, 0.4) is 0 Å². The molecule has 0 radical (unpaired) electrons. The lowest BCUT2D eigenvalue weighted by molar-refractivity contribution is 0.841. The summed E-state index contributed by atoms with van der Waals surface area (Å²) in [6.07, 6.45) is 7.17. The van der Waals surface area contributed by atoms with E-state index in [9.17, 15) is 0 Å². The number of hydrogen-bond acceptors (Lipinski definition) is 5. The predicted octanol–water partition coefficient (Wildman–Crippen LogP) is 2.67. The van der Waals surface area contributed by atoms with Gasteiger partial charge in [0.1, 0.15) is 5.82 Å². The highest BCUT2D eigenvalue weighted by atomic mass is 15.4. The van der Waals surface area contributed by atoms with Gasteiger partial charge in [-0.25, -0.2) is 4.98 Å². The lowest BCUT2D eigenvalue weighted by Gasteiger charge is -2.21. The van der Waals surface area contributed by atoms with Gasteiger partial charge < -0.3 is 4.90 Å². The maximum absolute atomic E-state index is 4.60. The summed E-state index contributed by atoms with van der Waals surface area (Å²) in [5, 5.41) is 4.60. The molecule has 0 aliphatic carbocycles. The second kappa shape index (κ2) is 6.39. The fourth-order valence-electron chi connectivity index (χ4n) is 2.38. The van der Waals surface area contributed by atoms with Gasteiger partial charge in [0.05, 0.1) is 0 Å². The summed E-state index contributed by atoms with van der Waals surface area (Å²) in [7, 11) is 0. The summed E-state index contributed by atoms with van der Waals surface area (Å²) in [6.45, 7) is 11.0. The van der Waals surface area contributed by atoms with Crippen LogP contribution in [-0.2, 0) is 0 Å². The summed E-state index contributed by atoms with van der Waals surface area (Å²) in [5.74, 6) is 2.08. The second-order valence-corrected chi connectivity index (χ2v) is 5.13. The number of pyridine rings is 1. The standard InChI is InChI=1S/C17H18N6/c1-4-9-22(10-5-2)15-11-13(3)19-17-20-16(21-23(15)17)14-7-6-8-18-12-14/h4-8,11-12H,1-2,9-10H2,3H3. The highest BCUT2D eigenvalue weighted by molar-refractivity contribution is 5.58. The molecule has 0 unspecified atom stereocenters. The molecule has 6 nitrogen and oxygen atoms in total. The molecule has 0 aliphatic heterocycles. The Morgan fingerprint density at radius 1 is 1.22 bits per heavy atom. The predicted molar refractivity (Wildman–Crippen MR) is 91.4 cm³/mol. The number of aryl methyl sites for hydroxylation is 1. The molecule has 3 heterocycles. The van der Waals surface area contributed by atoms with Crippen LogP contribution < -0.4 is 4.90 Å². The Bertz CT molecular complexity index is 827. The van der Waals surface area contributed by atoms with Crippen molar-refractivity contribution < 1.29 is 0 Å². The number of anilines is 1. The zero-order valence-electron chi connectivity index (χ0n) is 13.1. The molecule has 0 N–H and O–H groups in total. The Morgan fingerprint density at radius 2 is 2.00 bits per heavy atom. The number of nitrogens with zero attached hydrogens (tertiary/aromatic N) is 6. The largest absolute Gasteiger partial charge is 0.349 e. The zero-order valence-corrected chi connectivity index (χ0v) is 13.1. The lowest BCUT2D eigenvalue weighted by Crippen LogP contribution is -2.26. The average molecular weight is 306 g/mol. The van der Waals surface area contributed by atoms with Gasteiger partial charge in [-0.1, -0.05) is 12.2 Å². The van der Waals surface area contributed by atoms with Crippen molar-refractivity contribution in [2.24, 2.45) is 0 Å². The number of fused-ring (bicyclic) bond motifs is 1. The quantitative estimate of drug-likeness (QED) is 0.655. The van der Waals surface area contributed by atoms with Crippen LogP contribution >= 0.6 is 0 Å². The van der Waals surface area contributed by atoms with Crippen molar-refractivity contribution in [2.75, 3.05) is 18.0 Å². The van der Waals surface area contributed by atoms with Crippen molar-refractivity contribution in [3.63, 3.8) is 0 Å². The minimum atomic E-state index is 0.567. The molecule has 0 fully saturated rings. The van der Waals surface area contributed by atoms with Crippen molar-refractivity contribution in [2.45, 2.75) is 6.92 Å². The van der Waals surface area contributed by atoms with Gasteiger partial charge in [-0.2, -0.15) is 9.50 Å². The molecule has 23 heavy (non-hydrogen) atoms. The third-order valence-electron chi connectivity index (χ3n) is 3.36. The molecule has 0 atom stereocenters. The third-order valence-corrected chi connectivity index (χ3v) is 3.36. The normalized spacial score (nSPS) is 10.7. The Balaban J connectivity index is 2.16. The Morgan fingerprint density at radius 3 is 2.65 bits per heavy atom. The summed E-state index contributed by atoms with van der Waals surface area (Å²) >= 11 is 0. The SMILES string of the molecule is C=CCN(CC=C)c1cc(C)nc2nc(-c3cccnc3)nn12. The minimum absolute atomic E-state index is 0.567.